The molecule has 3 fully saturated rings. The van der Waals surface area contributed by atoms with Crippen molar-refractivity contribution in [2.45, 2.75) is 100 Å². The SMILES string of the molecule is Cc1nc2c(c(=O)n1CCOC1CCC(Cl)CC1C1CC(C)NC3C(C(=O)NS(C)(=O)=O)CSC13)CC(N(C)C)CC2. The number of nitrogens with one attached hydrogen (secondary N) is 2. The highest BCUT2D eigenvalue weighted by Gasteiger charge is 2.52. The number of aromatic nitrogens is 2. The summed E-state index contributed by atoms with van der Waals surface area (Å²) in [5, 5.41) is 3.86. The van der Waals surface area contributed by atoms with Gasteiger partial charge in [-0.1, -0.05) is 0 Å². The average Bonchev–Trinajstić information content (AvgIpc) is 3.33. The van der Waals surface area contributed by atoms with Crippen LogP contribution in [0.1, 0.15) is 56.1 Å². The topological polar surface area (TPSA) is 123 Å². The molecule has 236 valence electrons. The molecule has 13 heteroatoms. The molecule has 10 nitrogen and oxygen atoms in total. The molecular formula is C29H46ClN5O5S2. The Balaban J connectivity index is 1.28. The number of amides is 1. The van der Waals surface area contributed by atoms with Gasteiger partial charge >= 0.3 is 0 Å². The quantitative estimate of drug-likeness (QED) is 0.409. The highest BCUT2D eigenvalue weighted by atomic mass is 35.5. The van der Waals surface area contributed by atoms with E-state index in [-0.39, 0.29) is 46.2 Å². The van der Waals surface area contributed by atoms with E-state index in [1.165, 1.54) is 0 Å². The van der Waals surface area contributed by atoms with Crippen LogP contribution in [0.25, 0.3) is 0 Å². The number of hydrogen-bond acceptors (Lipinski definition) is 9. The Kier molecular flexibility index (Phi) is 10.0. The van der Waals surface area contributed by atoms with Gasteiger partial charge in [0.2, 0.25) is 15.9 Å². The van der Waals surface area contributed by atoms with Crippen molar-refractivity contribution in [1.82, 2.24) is 24.5 Å². The molecule has 3 heterocycles. The Morgan fingerprint density at radius 1 is 1.24 bits per heavy atom. The number of rotatable bonds is 8. The number of ether oxygens (including phenoxy) is 1. The van der Waals surface area contributed by atoms with Crippen molar-refractivity contribution < 1.29 is 17.9 Å². The molecule has 9 atom stereocenters. The summed E-state index contributed by atoms with van der Waals surface area (Å²) in [5.41, 5.74) is 1.85. The standard InChI is InChI=1S/C29H46ClN5O5S2/c1-16-12-21(27-26(31-16)23(15-41-27)28(36)33-42(5,38)39)20-13-18(30)6-9-25(20)40-11-10-35-17(2)32-24-8-7-19(34(3)4)14-22(24)29(35)37/h16,18-21,23,25-27,31H,6-15H2,1-5H3,(H,33,36). The zero-order chi connectivity index (χ0) is 30.3. The van der Waals surface area contributed by atoms with E-state index in [4.69, 9.17) is 21.3 Å². The number of carbonyl (C=O) groups is 1. The van der Waals surface area contributed by atoms with E-state index in [9.17, 15) is 18.0 Å². The fraction of sp³-hybridized carbons (Fsp3) is 0.828. The minimum Gasteiger partial charge on any atom is -0.376 e. The molecule has 0 spiro atoms. The largest absolute Gasteiger partial charge is 0.376 e. The van der Waals surface area contributed by atoms with Crippen LogP contribution in [0.3, 0.4) is 0 Å². The fourth-order valence-corrected chi connectivity index (χ4v) is 10.4. The van der Waals surface area contributed by atoms with Gasteiger partial charge in [0.15, 0.2) is 0 Å². The van der Waals surface area contributed by atoms with Crippen LogP contribution >= 0.6 is 23.4 Å². The Labute approximate surface area is 259 Å². The second kappa shape index (κ2) is 13.0. The first-order valence-electron chi connectivity index (χ1n) is 15.2. The summed E-state index contributed by atoms with van der Waals surface area (Å²) >= 11 is 8.50. The first-order chi connectivity index (χ1) is 19.8. The number of hydrogen-bond donors (Lipinski definition) is 2. The summed E-state index contributed by atoms with van der Waals surface area (Å²) in [6.07, 6.45) is 7.15. The number of thioether (sulfide) groups is 1. The number of sulfonamides is 1. The van der Waals surface area contributed by atoms with E-state index in [1.54, 1.807) is 16.3 Å². The predicted octanol–water partition coefficient (Wildman–Crippen LogP) is 1.94. The molecule has 42 heavy (non-hydrogen) atoms. The molecule has 2 saturated heterocycles. The molecule has 2 aliphatic carbocycles. The van der Waals surface area contributed by atoms with E-state index in [1.807, 2.05) is 6.92 Å². The summed E-state index contributed by atoms with van der Waals surface area (Å²) in [6.45, 7) is 4.93. The number of carbonyl (C=O) groups excluding carboxylic acids is 1. The van der Waals surface area contributed by atoms with Crippen LogP contribution in [0.5, 0.6) is 0 Å². The highest BCUT2D eigenvalue weighted by molar-refractivity contribution is 8.00. The van der Waals surface area contributed by atoms with E-state index < -0.39 is 21.8 Å². The summed E-state index contributed by atoms with van der Waals surface area (Å²) in [6, 6.07) is 0.442. The van der Waals surface area contributed by atoms with Crippen LogP contribution in [0.15, 0.2) is 4.79 Å². The first kappa shape index (κ1) is 32.2. The van der Waals surface area contributed by atoms with Crippen molar-refractivity contribution >= 4 is 39.3 Å². The van der Waals surface area contributed by atoms with Gasteiger partial charge in [-0.2, -0.15) is 11.8 Å². The van der Waals surface area contributed by atoms with Crippen molar-refractivity contribution in [3.8, 4) is 0 Å². The minimum absolute atomic E-state index is 0.0140. The lowest BCUT2D eigenvalue weighted by Crippen LogP contribution is -2.58. The van der Waals surface area contributed by atoms with Gasteiger partial charge in [0, 0.05) is 40.1 Å². The number of alkyl halides is 1. The van der Waals surface area contributed by atoms with Crippen LogP contribution in [0.4, 0.5) is 0 Å². The van der Waals surface area contributed by atoms with E-state index in [0.717, 1.165) is 68.3 Å². The lowest BCUT2D eigenvalue weighted by atomic mass is 9.70. The third kappa shape index (κ3) is 7.04. The van der Waals surface area contributed by atoms with E-state index in [2.05, 4.69) is 36.0 Å². The molecule has 1 aromatic rings. The second-order valence-corrected chi connectivity index (χ2v) is 16.6. The minimum atomic E-state index is -3.62. The Hall–Kier alpha value is -1.18. The molecule has 1 saturated carbocycles. The molecule has 1 amide bonds. The molecule has 5 rings (SSSR count). The van der Waals surface area contributed by atoms with Crippen LogP contribution in [-0.4, -0.2) is 96.3 Å². The smallest absolute Gasteiger partial charge is 0.257 e. The molecular weight excluding hydrogens is 598 g/mol. The average molecular weight is 644 g/mol. The van der Waals surface area contributed by atoms with Gasteiger partial charge < -0.3 is 15.0 Å². The number of aryl methyl sites for hydroxylation is 2. The number of nitrogens with zero attached hydrogens (tertiary/aromatic N) is 3. The zero-order valence-electron chi connectivity index (χ0n) is 25.3. The zero-order valence-corrected chi connectivity index (χ0v) is 27.7. The fourth-order valence-electron chi connectivity index (χ4n) is 7.70. The Morgan fingerprint density at radius 3 is 2.71 bits per heavy atom. The van der Waals surface area contributed by atoms with Gasteiger partial charge in [-0.3, -0.25) is 18.9 Å². The molecule has 0 aromatic carbocycles. The van der Waals surface area contributed by atoms with Gasteiger partial charge in [-0.15, -0.1) is 11.6 Å². The summed E-state index contributed by atoms with van der Waals surface area (Å²) < 4.78 is 34.1. The van der Waals surface area contributed by atoms with Crippen molar-refractivity contribution in [2.75, 3.05) is 32.7 Å². The number of likely N-dealkylation sites (N-methyl/N-ethyl adjacent to an activating group) is 1. The lowest BCUT2D eigenvalue weighted by molar-refractivity contribution is -0.123. The number of piperidine rings is 1. The molecule has 4 aliphatic rings. The van der Waals surface area contributed by atoms with Gasteiger partial charge in [0.05, 0.1) is 37.1 Å². The first-order valence-corrected chi connectivity index (χ1v) is 18.6. The van der Waals surface area contributed by atoms with Gasteiger partial charge in [-0.25, -0.2) is 13.4 Å². The van der Waals surface area contributed by atoms with E-state index >= 15 is 0 Å². The van der Waals surface area contributed by atoms with Crippen molar-refractivity contribution in [1.29, 1.82) is 0 Å². The van der Waals surface area contributed by atoms with Crippen LogP contribution in [0.2, 0.25) is 0 Å². The molecule has 1 aromatic heterocycles. The third-order valence-electron chi connectivity index (χ3n) is 9.79. The van der Waals surface area contributed by atoms with Crippen LogP contribution < -0.4 is 15.6 Å². The van der Waals surface area contributed by atoms with Crippen LogP contribution in [0, 0.1) is 24.7 Å². The second-order valence-electron chi connectivity index (χ2n) is 13.0. The Bertz CT molecular complexity index is 1320. The maximum Gasteiger partial charge on any atom is 0.257 e. The van der Waals surface area contributed by atoms with Crippen LogP contribution in [-0.2, 0) is 38.9 Å². The molecule has 2 N–H and O–H groups in total. The highest BCUT2D eigenvalue weighted by Crippen LogP contribution is 2.48. The van der Waals surface area contributed by atoms with Gasteiger partial charge in [0.25, 0.3) is 5.56 Å². The van der Waals surface area contributed by atoms with E-state index in [0.29, 0.717) is 24.9 Å². The summed E-state index contributed by atoms with van der Waals surface area (Å²) in [7, 11) is 0.512. The molecule has 2 aliphatic heterocycles. The maximum absolute atomic E-state index is 13.5. The molecule has 9 unspecified atom stereocenters. The molecule has 0 bridgehead atoms. The van der Waals surface area contributed by atoms with Gasteiger partial charge in [-0.05, 0) is 84.7 Å². The monoisotopic (exact) mass is 643 g/mol. The lowest BCUT2D eigenvalue weighted by Gasteiger charge is -2.47. The molecule has 0 radical (unpaired) electrons. The Morgan fingerprint density at radius 2 is 2.00 bits per heavy atom. The third-order valence-corrected chi connectivity index (χ3v) is 12.3. The number of fused-ring (bicyclic) bond motifs is 2. The normalized spacial score (nSPS) is 35.1. The van der Waals surface area contributed by atoms with Crippen molar-refractivity contribution in [3.05, 3.63) is 27.4 Å². The van der Waals surface area contributed by atoms with Crippen molar-refractivity contribution in [2.24, 2.45) is 17.8 Å². The summed E-state index contributed by atoms with van der Waals surface area (Å²) in [5.74, 6) is 0.994. The predicted molar refractivity (Wildman–Crippen MR) is 167 cm³/mol. The number of halogens is 1. The summed E-state index contributed by atoms with van der Waals surface area (Å²) in [4.78, 5) is 33.4. The maximum atomic E-state index is 13.5. The van der Waals surface area contributed by atoms with Crippen molar-refractivity contribution in [3.63, 3.8) is 0 Å². The van der Waals surface area contributed by atoms with Gasteiger partial charge in [0.1, 0.15) is 5.82 Å².